The summed E-state index contributed by atoms with van der Waals surface area (Å²) in [6.45, 7) is 4.48. The number of halogens is 1. The van der Waals surface area contributed by atoms with Gasteiger partial charge in [0.25, 0.3) is 0 Å². The van der Waals surface area contributed by atoms with Gasteiger partial charge in [-0.05, 0) is 49.6 Å². The van der Waals surface area contributed by atoms with Gasteiger partial charge in [-0.25, -0.2) is 0 Å². The standard InChI is InChI=1S/C14H18ClNO2/c1-10-7-13(15)5-4-11(10)8-16-6-2-3-12(9-16)14(17)18/h4-5,7,12H,2-3,6,8-9H2,1H3,(H,17,18)/t12-/m0/s1. The minimum absolute atomic E-state index is 0.216. The van der Waals surface area contributed by atoms with Crippen molar-refractivity contribution in [2.45, 2.75) is 26.3 Å². The largest absolute Gasteiger partial charge is 0.481 e. The van der Waals surface area contributed by atoms with Gasteiger partial charge < -0.3 is 5.11 Å². The fourth-order valence-corrected chi connectivity index (χ4v) is 2.70. The van der Waals surface area contributed by atoms with E-state index in [1.807, 2.05) is 25.1 Å². The molecule has 0 aromatic heterocycles. The molecule has 1 aromatic carbocycles. The number of aryl methyl sites for hydroxylation is 1. The maximum Gasteiger partial charge on any atom is 0.307 e. The number of hydrogen-bond donors (Lipinski definition) is 1. The van der Waals surface area contributed by atoms with Gasteiger partial charge in [0.2, 0.25) is 0 Å². The van der Waals surface area contributed by atoms with E-state index >= 15 is 0 Å². The number of piperidine rings is 1. The summed E-state index contributed by atoms with van der Waals surface area (Å²) >= 11 is 5.93. The summed E-state index contributed by atoms with van der Waals surface area (Å²) in [7, 11) is 0. The zero-order valence-electron chi connectivity index (χ0n) is 10.5. The second kappa shape index (κ2) is 5.72. The molecule has 1 fully saturated rings. The molecule has 0 radical (unpaired) electrons. The molecule has 1 aliphatic heterocycles. The molecule has 1 heterocycles. The predicted molar refractivity (Wildman–Crippen MR) is 71.8 cm³/mol. The van der Waals surface area contributed by atoms with Crippen LogP contribution >= 0.6 is 11.6 Å². The van der Waals surface area contributed by atoms with Gasteiger partial charge in [-0.15, -0.1) is 0 Å². The van der Waals surface area contributed by atoms with Crippen LogP contribution in [0.15, 0.2) is 18.2 Å². The maximum atomic E-state index is 11.0. The molecular weight excluding hydrogens is 250 g/mol. The van der Waals surface area contributed by atoms with Gasteiger partial charge >= 0.3 is 5.97 Å². The predicted octanol–water partition coefficient (Wildman–Crippen LogP) is 2.95. The van der Waals surface area contributed by atoms with Crippen LogP contribution in [-0.4, -0.2) is 29.1 Å². The zero-order chi connectivity index (χ0) is 13.1. The lowest BCUT2D eigenvalue weighted by Crippen LogP contribution is -2.38. The summed E-state index contributed by atoms with van der Waals surface area (Å²) in [5, 5.41) is 9.82. The van der Waals surface area contributed by atoms with Crippen LogP contribution in [0.2, 0.25) is 5.02 Å². The van der Waals surface area contributed by atoms with E-state index < -0.39 is 5.97 Å². The highest BCUT2D eigenvalue weighted by Crippen LogP contribution is 2.21. The van der Waals surface area contributed by atoms with Gasteiger partial charge in [-0.2, -0.15) is 0 Å². The molecule has 3 nitrogen and oxygen atoms in total. The van der Waals surface area contributed by atoms with Crippen molar-refractivity contribution in [1.29, 1.82) is 0 Å². The van der Waals surface area contributed by atoms with E-state index in [1.54, 1.807) is 0 Å². The lowest BCUT2D eigenvalue weighted by Gasteiger charge is -2.31. The van der Waals surface area contributed by atoms with E-state index in [4.69, 9.17) is 16.7 Å². The molecule has 0 saturated carbocycles. The number of hydrogen-bond acceptors (Lipinski definition) is 2. The van der Waals surface area contributed by atoms with Crippen molar-refractivity contribution in [2.75, 3.05) is 13.1 Å². The Kier molecular flexibility index (Phi) is 4.25. The second-order valence-corrected chi connectivity index (χ2v) is 5.42. The lowest BCUT2D eigenvalue weighted by atomic mass is 9.97. The molecule has 1 aliphatic rings. The molecule has 4 heteroatoms. The number of aliphatic carboxylic acids is 1. The quantitative estimate of drug-likeness (QED) is 0.915. The van der Waals surface area contributed by atoms with Crippen molar-refractivity contribution in [2.24, 2.45) is 5.92 Å². The van der Waals surface area contributed by atoms with Gasteiger partial charge in [0.15, 0.2) is 0 Å². The third-order valence-electron chi connectivity index (χ3n) is 3.55. The number of nitrogens with zero attached hydrogens (tertiary/aromatic N) is 1. The van der Waals surface area contributed by atoms with Crippen LogP contribution in [0.5, 0.6) is 0 Å². The monoisotopic (exact) mass is 267 g/mol. The topological polar surface area (TPSA) is 40.5 Å². The van der Waals surface area contributed by atoms with Crippen LogP contribution in [-0.2, 0) is 11.3 Å². The molecule has 2 rings (SSSR count). The molecule has 0 aliphatic carbocycles. The molecule has 0 spiro atoms. The molecule has 1 saturated heterocycles. The van der Waals surface area contributed by atoms with E-state index in [0.717, 1.165) is 31.0 Å². The first-order chi connectivity index (χ1) is 8.56. The van der Waals surface area contributed by atoms with Crippen LogP contribution in [0, 0.1) is 12.8 Å². The van der Waals surface area contributed by atoms with Crippen molar-refractivity contribution < 1.29 is 9.90 Å². The summed E-state index contributed by atoms with van der Waals surface area (Å²) in [4.78, 5) is 13.2. The van der Waals surface area contributed by atoms with Crippen LogP contribution in [0.1, 0.15) is 24.0 Å². The Hall–Kier alpha value is -1.06. The molecule has 0 bridgehead atoms. The molecule has 1 N–H and O–H groups in total. The first kappa shape index (κ1) is 13.4. The van der Waals surface area contributed by atoms with Crippen molar-refractivity contribution in [3.63, 3.8) is 0 Å². The number of likely N-dealkylation sites (tertiary alicyclic amines) is 1. The van der Waals surface area contributed by atoms with Gasteiger partial charge in [0.05, 0.1) is 5.92 Å². The first-order valence-corrected chi connectivity index (χ1v) is 6.64. The number of benzene rings is 1. The van der Waals surface area contributed by atoms with Crippen molar-refractivity contribution in [1.82, 2.24) is 4.90 Å². The van der Waals surface area contributed by atoms with Gasteiger partial charge in [-0.1, -0.05) is 17.7 Å². The lowest BCUT2D eigenvalue weighted by molar-refractivity contribution is -0.143. The van der Waals surface area contributed by atoms with E-state index in [1.165, 1.54) is 11.1 Å². The Morgan fingerprint density at radius 3 is 3.00 bits per heavy atom. The second-order valence-electron chi connectivity index (χ2n) is 4.98. The average molecular weight is 268 g/mol. The van der Waals surface area contributed by atoms with Crippen LogP contribution in [0.25, 0.3) is 0 Å². The Morgan fingerprint density at radius 2 is 2.33 bits per heavy atom. The molecule has 0 unspecified atom stereocenters. The van der Waals surface area contributed by atoms with Gasteiger partial charge in [-0.3, -0.25) is 9.69 Å². The highest BCUT2D eigenvalue weighted by molar-refractivity contribution is 6.30. The summed E-state index contributed by atoms with van der Waals surface area (Å²) in [6, 6.07) is 5.88. The van der Waals surface area contributed by atoms with E-state index in [0.29, 0.717) is 6.54 Å². The zero-order valence-corrected chi connectivity index (χ0v) is 11.3. The number of carboxylic acids is 1. The van der Waals surface area contributed by atoms with Crippen LogP contribution in [0.3, 0.4) is 0 Å². The minimum atomic E-state index is -0.674. The van der Waals surface area contributed by atoms with Gasteiger partial charge in [0.1, 0.15) is 0 Å². The van der Waals surface area contributed by atoms with Crippen LogP contribution < -0.4 is 0 Å². The minimum Gasteiger partial charge on any atom is -0.481 e. The Morgan fingerprint density at radius 1 is 1.56 bits per heavy atom. The van der Waals surface area contributed by atoms with E-state index in [9.17, 15) is 4.79 Å². The van der Waals surface area contributed by atoms with E-state index in [2.05, 4.69) is 4.90 Å². The van der Waals surface area contributed by atoms with Crippen molar-refractivity contribution in [3.8, 4) is 0 Å². The summed E-state index contributed by atoms with van der Waals surface area (Å²) in [5.41, 5.74) is 2.39. The molecule has 0 amide bonds. The Balaban J connectivity index is 2.02. The fraction of sp³-hybridized carbons (Fsp3) is 0.500. The molecule has 1 atom stereocenters. The highest BCUT2D eigenvalue weighted by Gasteiger charge is 2.25. The highest BCUT2D eigenvalue weighted by atomic mass is 35.5. The number of rotatable bonds is 3. The fourth-order valence-electron chi connectivity index (χ4n) is 2.48. The van der Waals surface area contributed by atoms with Crippen LogP contribution in [0.4, 0.5) is 0 Å². The number of carbonyl (C=O) groups is 1. The van der Waals surface area contributed by atoms with Crippen molar-refractivity contribution in [3.05, 3.63) is 34.3 Å². The smallest absolute Gasteiger partial charge is 0.307 e. The normalized spacial score (nSPS) is 20.9. The Bertz CT molecular complexity index is 447. The molecule has 98 valence electrons. The molecular formula is C14H18ClNO2. The summed E-state index contributed by atoms with van der Waals surface area (Å²) in [6.07, 6.45) is 1.76. The maximum absolute atomic E-state index is 11.0. The third kappa shape index (κ3) is 3.24. The molecule has 1 aromatic rings. The first-order valence-electron chi connectivity index (χ1n) is 6.26. The summed E-state index contributed by atoms with van der Waals surface area (Å²) in [5.74, 6) is -0.890. The summed E-state index contributed by atoms with van der Waals surface area (Å²) < 4.78 is 0. The number of carboxylic acid groups (broad SMARTS) is 1. The Labute approximate surface area is 112 Å². The molecule has 18 heavy (non-hydrogen) atoms. The average Bonchev–Trinajstić information content (AvgIpc) is 2.33. The van der Waals surface area contributed by atoms with E-state index in [-0.39, 0.29) is 5.92 Å². The van der Waals surface area contributed by atoms with Crippen molar-refractivity contribution >= 4 is 17.6 Å². The van der Waals surface area contributed by atoms with Gasteiger partial charge in [0, 0.05) is 18.1 Å². The SMILES string of the molecule is Cc1cc(Cl)ccc1CN1CCC[C@H](C(=O)O)C1. The third-order valence-corrected chi connectivity index (χ3v) is 3.79.